The number of rotatable bonds is 3. The minimum absolute atomic E-state index is 0.0562. The van der Waals surface area contributed by atoms with Gasteiger partial charge in [-0.15, -0.1) is 0 Å². The number of aliphatic carboxylic acids is 1. The van der Waals surface area contributed by atoms with E-state index < -0.39 is 18.2 Å². The van der Waals surface area contributed by atoms with Crippen molar-refractivity contribution >= 4 is 5.97 Å². The molecule has 1 N–H and O–H groups in total. The van der Waals surface area contributed by atoms with E-state index in [-0.39, 0.29) is 11.4 Å². The summed E-state index contributed by atoms with van der Waals surface area (Å²) in [7, 11) is 0. The normalized spacial score (nSPS) is 10.0. The van der Waals surface area contributed by atoms with Crippen LogP contribution in [-0.2, 0) is 17.6 Å². The van der Waals surface area contributed by atoms with Crippen molar-refractivity contribution in [2.75, 3.05) is 0 Å². The van der Waals surface area contributed by atoms with E-state index in [0.29, 0.717) is 6.42 Å². The molecule has 1 aromatic rings. The van der Waals surface area contributed by atoms with Crippen LogP contribution in [0.1, 0.15) is 18.3 Å². The van der Waals surface area contributed by atoms with Gasteiger partial charge in [0.25, 0.3) is 0 Å². The van der Waals surface area contributed by atoms with Crippen molar-refractivity contribution in [1.82, 2.24) is 9.97 Å². The van der Waals surface area contributed by atoms with Crippen molar-refractivity contribution in [2.24, 2.45) is 0 Å². The Morgan fingerprint density at radius 1 is 1.54 bits per heavy atom. The smallest absolute Gasteiger partial charge is 0.309 e. The lowest BCUT2D eigenvalue weighted by Crippen LogP contribution is -2.08. The van der Waals surface area contributed by atoms with E-state index in [9.17, 15) is 9.18 Å². The van der Waals surface area contributed by atoms with Crippen molar-refractivity contribution in [3.8, 4) is 0 Å². The molecule has 0 saturated carbocycles. The van der Waals surface area contributed by atoms with E-state index in [1.54, 1.807) is 6.92 Å². The van der Waals surface area contributed by atoms with Gasteiger partial charge >= 0.3 is 5.97 Å². The summed E-state index contributed by atoms with van der Waals surface area (Å²) in [4.78, 5) is 17.5. The molecule has 0 radical (unpaired) electrons. The Bertz CT molecular complexity index is 328. The third-order valence-corrected chi connectivity index (χ3v) is 1.59. The van der Waals surface area contributed by atoms with Gasteiger partial charge in [-0.2, -0.15) is 0 Å². The summed E-state index contributed by atoms with van der Waals surface area (Å²) in [6.07, 6.45) is 1.21. The number of aryl methyl sites for hydroxylation is 1. The number of carbonyl (C=O) groups is 1. The largest absolute Gasteiger partial charge is 0.481 e. The monoisotopic (exact) mass is 184 g/mol. The second kappa shape index (κ2) is 3.93. The number of hydrogen-bond donors (Lipinski definition) is 1. The summed E-state index contributed by atoms with van der Waals surface area (Å²) >= 11 is 0. The fraction of sp³-hybridized carbons (Fsp3) is 0.375. The van der Waals surface area contributed by atoms with Crippen LogP contribution in [0.25, 0.3) is 0 Å². The van der Waals surface area contributed by atoms with E-state index >= 15 is 0 Å². The zero-order valence-electron chi connectivity index (χ0n) is 7.12. The van der Waals surface area contributed by atoms with Gasteiger partial charge in [0, 0.05) is 0 Å². The van der Waals surface area contributed by atoms with Gasteiger partial charge < -0.3 is 5.11 Å². The van der Waals surface area contributed by atoms with Crippen LogP contribution >= 0.6 is 0 Å². The fourth-order valence-corrected chi connectivity index (χ4v) is 0.961. The van der Waals surface area contributed by atoms with Gasteiger partial charge in [-0.05, 0) is 6.42 Å². The molecule has 13 heavy (non-hydrogen) atoms. The van der Waals surface area contributed by atoms with Crippen LogP contribution in [0.2, 0.25) is 0 Å². The summed E-state index contributed by atoms with van der Waals surface area (Å²) in [5.41, 5.74) is 0.200. The van der Waals surface area contributed by atoms with Crippen molar-refractivity contribution < 1.29 is 14.3 Å². The number of hydrogen-bond acceptors (Lipinski definition) is 3. The molecule has 0 spiro atoms. The third kappa shape index (κ3) is 2.21. The molecule has 0 bridgehead atoms. The standard InChI is InChI=1S/C8H9FN2O2/c1-2-5-8(9)6(3-7(12)13)11-4-10-5/h4H,2-3H2,1H3,(H,12,13). The second-order valence-electron chi connectivity index (χ2n) is 2.51. The van der Waals surface area contributed by atoms with E-state index in [2.05, 4.69) is 9.97 Å². The summed E-state index contributed by atoms with van der Waals surface area (Å²) in [5.74, 6) is -1.70. The highest BCUT2D eigenvalue weighted by atomic mass is 19.1. The molecule has 0 aliphatic carbocycles. The Morgan fingerprint density at radius 2 is 2.15 bits per heavy atom. The lowest BCUT2D eigenvalue weighted by atomic mass is 10.2. The fourth-order valence-electron chi connectivity index (χ4n) is 0.961. The number of nitrogens with zero attached hydrogens (tertiary/aromatic N) is 2. The molecule has 0 fully saturated rings. The first-order chi connectivity index (χ1) is 6.15. The SMILES string of the molecule is CCc1ncnc(CC(=O)O)c1F. The lowest BCUT2D eigenvalue weighted by molar-refractivity contribution is -0.136. The number of aromatic nitrogens is 2. The van der Waals surface area contributed by atoms with Gasteiger partial charge in [0.1, 0.15) is 6.33 Å². The predicted molar refractivity (Wildman–Crippen MR) is 42.7 cm³/mol. The molecule has 1 aromatic heterocycles. The highest BCUT2D eigenvalue weighted by Crippen LogP contribution is 2.08. The molecule has 0 aliphatic rings. The Labute approximate surface area is 74.5 Å². The first kappa shape index (κ1) is 9.57. The van der Waals surface area contributed by atoms with Crippen LogP contribution in [0.5, 0.6) is 0 Å². The molecular weight excluding hydrogens is 175 g/mol. The summed E-state index contributed by atoms with van der Waals surface area (Å²) in [5, 5.41) is 8.43. The first-order valence-corrected chi connectivity index (χ1v) is 3.85. The average Bonchev–Trinajstić information content (AvgIpc) is 2.08. The predicted octanol–water partition coefficient (Wildman–Crippen LogP) is 0.805. The number of carboxylic acids is 1. The third-order valence-electron chi connectivity index (χ3n) is 1.59. The molecule has 4 nitrogen and oxygen atoms in total. The second-order valence-corrected chi connectivity index (χ2v) is 2.51. The zero-order chi connectivity index (χ0) is 9.84. The topological polar surface area (TPSA) is 63.1 Å². The molecule has 1 rings (SSSR count). The van der Waals surface area contributed by atoms with Crippen LogP contribution in [0.15, 0.2) is 6.33 Å². The molecular formula is C8H9FN2O2. The molecule has 0 saturated heterocycles. The maximum atomic E-state index is 13.2. The molecule has 70 valence electrons. The number of carboxylic acid groups (broad SMARTS) is 1. The van der Waals surface area contributed by atoms with Crippen molar-refractivity contribution in [3.63, 3.8) is 0 Å². The zero-order valence-corrected chi connectivity index (χ0v) is 7.12. The maximum Gasteiger partial charge on any atom is 0.309 e. The molecule has 0 aliphatic heterocycles. The van der Waals surface area contributed by atoms with Gasteiger partial charge in [0.2, 0.25) is 0 Å². The molecule has 0 aromatic carbocycles. The van der Waals surface area contributed by atoms with Crippen molar-refractivity contribution in [3.05, 3.63) is 23.5 Å². The highest BCUT2D eigenvalue weighted by Gasteiger charge is 2.11. The van der Waals surface area contributed by atoms with Crippen LogP contribution in [-0.4, -0.2) is 21.0 Å². The molecule has 1 heterocycles. The minimum atomic E-state index is -1.10. The summed E-state index contributed by atoms with van der Waals surface area (Å²) < 4.78 is 13.2. The summed E-state index contributed by atoms with van der Waals surface area (Å²) in [6.45, 7) is 1.75. The Morgan fingerprint density at radius 3 is 2.69 bits per heavy atom. The van der Waals surface area contributed by atoms with Crippen LogP contribution < -0.4 is 0 Å². The highest BCUT2D eigenvalue weighted by molar-refractivity contribution is 5.69. The van der Waals surface area contributed by atoms with E-state index in [1.165, 1.54) is 6.33 Å². The Kier molecular flexibility index (Phi) is 2.89. The van der Waals surface area contributed by atoms with Gasteiger partial charge in [-0.3, -0.25) is 4.79 Å². The van der Waals surface area contributed by atoms with Gasteiger partial charge in [0.05, 0.1) is 17.8 Å². The maximum absolute atomic E-state index is 13.2. The molecule has 5 heteroatoms. The van der Waals surface area contributed by atoms with Crippen LogP contribution in [0.3, 0.4) is 0 Å². The molecule has 0 amide bonds. The van der Waals surface area contributed by atoms with Crippen molar-refractivity contribution in [1.29, 1.82) is 0 Å². The Hall–Kier alpha value is -1.52. The Balaban J connectivity index is 3.01. The van der Waals surface area contributed by atoms with Crippen LogP contribution in [0.4, 0.5) is 4.39 Å². The lowest BCUT2D eigenvalue weighted by Gasteiger charge is -2.01. The van der Waals surface area contributed by atoms with E-state index in [0.717, 1.165) is 0 Å². The molecule has 0 unspecified atom stereocenters. The van der Waals surface area contributed by atoms with E-state index in [1.807, 2.05) is 0 Å². The quantitative estimate of drug-likeness (QED) is 0.754. The minimum Gasteiger partial charge on any atom is -0.481 e. The van der Waals surface area contributed by atoms with Gasteiger partial charge in [-0.1, -0.05) is 6.92 Å². The summed E-state index contributed by atoms with van der Waals surface area (Å²) in [6, 6.07) is 0. The average molecular weight is 184 g/mol. The van der Waals surface area contributed by atoms with Gasteiger partial charge in [0.15, 0.2) is 5.82 Å². The van der Waals surface area contributed by atoms with E-state index in [4.69, 9.17) is 5.11 Å². The molecule has 0 atom stereocenters. The van der Waals surface area contributed by atoms with Gasteiger partial charge in [-0.25, -0.2) is 14.4 Å². The number of halogens is 1. The van der Waals surface area contributed by atoms with Crippen molar-refractivity contribution in [2.45, 2.75) is 19.8 Å². The van der Waals surface area contributed by atoms with Crippen LogP contribution in [0, 0.1) is 5.82 Å². The first-order valence-electron chi connectivity index (χ1n) is 3.85.